The third kappa shape index (κ3) is 6.03. The molecule has 6 rings (SSSR count). The lowest BCUT2D eigenvalue weighted by molar-refractivity contribution is -0.141. The van der Waals surface area contributed by atoms with Crippen LogP contribution >= 0.6 is 0 Å². The van der Waals surface area contributed by atoms with Gasteiger partial charge in [0.1, 0.15) is 5.52 Å². The van der Waals surface area contributed by atoms with Gasteiger partial charge in [-0.3, -0.25) is 14.4 Å². The summed E-state index contributed by atoms with van der Waals surface area (Å²) in [5, 5.41) is 16.0. The Bertz CT molecular complexity index is 1830. The summed E-state index contributed by atoms with van der Waals surface area (Å²) in [7, 11) is 0. The Kier molecular flexibility index (Phi) is 7.85. The van der Waals surface area contributed by atoms with Gasteiger partial charge in [0.15, 0.2) is 5.58 Å². The van der Waals surface area contributed by atoms with E-state index in [4.69, 9.17) is 4.42 Å². The molecule has 1 aliphatic rings. The number of carboxylic acid groups (broad SMARTS) is 1. The van der Waals surface area contributed by atoms with Crippen molar-refractivity contribution in [3.05, 3.63) is 119 Å². The number of carbonyl (C=O) groups excluding carboxylic acids is 2. The molecule has 2 unspecified atom stereocenters. The van der Waals surface area contributed by atoms with Crippen LogP contribution in [0.25, 0.3) is 11.1 Å². The number of hydrogen-bond donors (Lipinski definition) is 3. The van der Waals surface area contributed by atoms with Gasteiger partial charge in [0.25, 0.3) is 11.9 Å². The van der Waals surface area contributed by atoms with E-state index in [1.54, 1.807) is 41.3 Å². The summed E-state index contributed by atoms with van der Waals surface area (Å²) in [6, 6.07) is 28.0. The number of aliphatic carboxylic acids is 1. The van der Waals surface area contributed by atoms with Gasteiger partial charge in [-0.05, 0) is 72.5 Å². The first-order chi connectivity index (χ1) is 21.2. The minimum Gasteiger partial charge on any atom is -0.481 e. The number of aromatic nitrogens is 1. The number of para-hydroxylation sites is 1. The lowest BCUT2D eigenvalue weighted by Crippen LogP contribution is -2.29. The Morgan fingerprint density at radius 1 is 0.909 bits per heavy atom. The second-order valence-electron chi connectivity index (χ2n) is 11.2. The number of carbonyl (C=O) groups is 3. The van der Waals surface area contributed by atoms with E-state index in [0.717, 1.165) is 27.9 Å². The lowest BCUT2D eigenvalue weighted by Gasteiger charge is -2.17. The second kappa shape index (κ2) is 12.0. The first kappa shape index (κ1) is 28.7. The second-order valence-corrected chi connectivity index (χ2v) is 11.2. The molecular weight excluding hydrogens is 556 g/mol. The molecular formula is C35H32N4O5. The monoisotopic (exact) mass is 588 g/mol. The van der Waals surface area contributed by atoms with Crippen molar-refractivity contribution in [2.45, 2.75) is 26.2 Å². The lowest BCUT2D eigenvalue weighted by atomic mass is 9.89. The largest absolute Gasteiger partial charge is 0.481 e. The minimum atomic E-state index is -0.937. The number of carboxylic acids is 1. The van der Waals surface area contributed by atoms with Crippen LogP contribution in [0, 0.1) is 19.8 Å². The van der Waals surface area contributed by atoms with E-state index >= 15 is 0 Å². The minimum absolute atomic E-state index is 0.137. The number of hydrogen-bond acceptors (Lipinski definition) is 6. The molecule has 2 amide bonds. The third-order valence-electron chi connectivity index (χ3n) is 8.10. The number of fused-ring (bicyclic) bond motifs is 1. The molecule has 44 heavy (non-hydrogen) atoms. The van der Waals surface area contributed by atoms with Gasteiger partial charge in [0.2, 0.25) is 5.91 Å². The number of anilines is 3. The van der Waals surface area contributed by atoms with Crippen molar-refractivity contribution >= 4 is 46.3 Å². The third-order valence-corrected chi connectivity index (χ3v) is 8.10. The predicted octanol–water partition coefficient (Wildman–Crippen LogP) is 6.31. The number of amides is 2. The maximum atomic E-state index is 13.0. The quantitative estimate of drug-likeness (QED) is 0.194. The number of aryl methyl sites for hydroxylation is 2. The number of nitrogens with one attached hydrogen (secondary N) is 2. The topological polar surface area (TPSA) is 125 Å². The van der Waals surface area contributed by atoms with Crippen LogP contribution in [0.15, 0.2) is 95.4 Å². The van der Waals surface area contributed by atoms with E-state index in [1.807, 2.05) is 68.4 Å². The van der Waals surface area contributed by atoms with Gasteiger partial charge < -0.3 is 25.1 Å². The van der Waals surface area contributed by atoms with Gasteiger partial charge in [-0.15, -0.1) is 0 Å². The highest BCUT2D eigenvalue weighted by atomic mass is 16.4. The summed E-state index contributed by atoms with van der Waals surface area (Å²) in [4.78, 5) is 44.0. The summed E-state index contributed by atoms with van der Waals surface area (Å²) in [5.41, 5.74) is 7.11. The van der Waals surface area contributed by atoms with Gasteiger partial charge in [-0.1, -0.05) is 54.6 Å². The highest BCUT2D eigenvalue weighted by Gasteiger charge is 2.40. The van der Waals surface area contributed by atoms with Gasteiger partial charge in [-0.2, -0.15) is 4.98 Å². The molecule has 0 bridgehead atoms. The van der Waals surface area contributed by atoms with Crippen LogP contribution < -0.4 is 10.6 Å². The molecule has 0 aliphatic carbocycles. The Morgan fingerprint density at radius 3 is 2.34 bits per heavy atom. The van der Waals surface area contributed by atoms with E-state index in [9.17, 15) is 19.5 Å². The molecule has 2 heterocycles. The highest BCUT2D eigenvalue weighted by molar-refractivity contribution is 5.95. The van der Waals surface area contributed by atoms with Crippen molar-refractivity contribution < 1.29 is 23.9 Å². The molecule has 0 radical (unpaired) electrons. The molecule has 4 aromatic carbocycles. The zero-order chi connectivity index (χ0) is 30.8. The van der Waals surface area contributed by atoms with Gasteiger partial charge >= 0.3 is 5.97 Å². The zero-order valence-corrected chi connectivity index (χ0v) is 24.4. The van der Waals surface area contributed by atoms with Crippen LogP contribution in [0.2, 0.25) is 0 Å². The van der Waals surface area contributed by atoms with Crippen molar-refractivity contribution in [1.82, 2.24) is 9.88 Å². The highest BCUT2D eigenvalue weighted by Crippen LogP contribution is 2.34. The number of nitrogens with zero attached hydrogens (tertiary/aromatic N) is 2. The molecule has 0 spiro atoms. The average Bonchev–Trinajstić information content (AvgIpc) is 3.64. The Labute approximate surface area is 254 Å². The molecule has 3 N–H and O–H groups in total. The van der Waals surface area contributed by atoms with Crippen LogP contribution in [0.4, 0.5) is 17.4 Å². The van der Waals surface area contributed by atoms with Crippen LogP contribution in [-0.4, -0.2) is 45.9 Å². The van der Waals surface area contributed by atoms with Crippen LogP contribution in [0.3, 0.4) is 0 Å². The van der Waals surface area contributed by atoms with Crippen molar-refractivity contribution in [2.24, 2.45) is 5.92 Å². The molecule has 1 aliphatic heterocycles. The number of likely N-dealkylation sites (tertiary alicyclic amines) is 1. The fourth-order valence-corrected chi connectivity index (χ4v) is 5.78. The zero-order valence-electron chi connectivity index (χ0n) is 24.4. The summed E-state index contributed by atoms with van der Waals surface area (Å²) >= 11 is 0. The van der Waals surface area contributed by atoms with Gasteiger partial charge in [-0.25, -0.2) is 0 Å². The van der Waals surface area contributed by atoms with Gasteiger partial charge in [0.05, 0.1) is 12.3 Å². The van der Waals surface area contributed by atoms with E-state index in [-0.39, 0.29) is 30.7 Å². The van der Waals surface area contributed by atoms with Crippen LogP contribution in [0.5, 0.6) is 0 Å². The molecule has 2 atom stereocenters. The normalized spacial score (nSPS) is 16.2. The molecule has 9 heteroatoms. The van der Waals surface area contributed by atoms with Crippen molar-refractivity contribution in [2.75, 3.05) is 23.7 Å². The Hall–Kier alpha value is -5.44. The fourth-order valence-electron chi connectivity index (χ4n) is 5.78. The molecule has 1 saturated heterocycles. The van der Waals surface area contributed by atoms with Gasteiger partial charge in [0, 0.05) is 35.9 Å². The molecule has 1 aromatic heterocycles. The smallest absolute Gasteiger partial charge is 0.308 e. The number of oxazole rings is 1. The molecule has 0 saturated carbocycles. The average molecular weight is 589 g/mol. The summed E-state index contributed by atoms with van der Waals surface area (Å²) in [6.45, 7) is 4.49. The van der Waals surface area contributed by atoms with E-state index in [2.05, 4.69) is 15.6 Å². The molecule has 5 aromatic rings. The van der Waals surface area contributed by atoms with E-state index < -0.39 is 11.9 Å². The molecule has 1 fully saturated rings. The van der Waals surface area contributed by atoms with E-state index in [0.29, 0.717) is 34.9 Å². The standard InChI is InChI=1S/C35H32N4O5/c1-21-7-6-8-22(2)32(21)38-35-37-29-16-11-23(17-30(29)44-35)18-31(40)36-26-14-12-24(13-15-26)27-19-39(20-28(27)34(42)43)33(41)25-9-4-3-5-10-25/h3-17,27-28H,18-20H2,1-2H3,(H,36,40)(H,37,38)(H,42,43). The van der Waals surface area contributed by atoms with Crippen LogP contribution in [-0.2, 0) is 16.0 Å². The first-order valence-electron chi connectivity index (χ1n) is 14.4. The first-order valence-corrected chi connectivity index (χ1v) is 14.4. The Balaban J connectivity index is 1.09. The molecule has 222 valence electrons. The summed E-state index contributed by atoms with van der Waals surface area (Å²) in [6.07, 6.45) is 0.137. The summed E-state index contributed by atoms with van der Waals surface area (Å²) in [5.74, 6) is -2.39. The van der Waals surface area contributed by atoms with Crippen molar-refractivity contribution in [3.63, 3.8) is 0 Å². The predicted molar refractivity (Wildman–Crippen MR) is 168 cm³/mol. The van der Waals surface area contributed by atoms with Crippen LogP contribution in [0.1, 0.15) is 38.5 Å². The fraction of sp³-hybridized carbons (Fsp3) is 0.200. The SMILES string of the molecule is Cc1cccc(C)c1Nc1nc2ccc(CC(=O)Nc3ccc(C4CN(C(=O)c5ccccc5)CC4C(=O)O)cc3)cc2o1. The maximum Gasteiger partial charge on any atom is 0.308 e. The maximum absolute atomic E-state index is 13.0. The Morgan fingerprint density at radius 2 is 1.64 bits per heavy atom. The van der Waals surface area contributed by atoms with Crippen molar-refractivity contribution in [3.8, 4) is 0 Å². The molecule has 9 nitrogen and oxygen atoms in total. The number of rotatable bonds is 8. The van der Waals surface area contributed by atoms with E-state index in [1.165, 1.54) is 0 Å². The number of benzene rings is 4. The summed E-state index contributed by atoms with van der Waals surface area (Å²) < 4.78 is 5.94. The van der Waals surface area contributed by atoms with Crippen molar-refractivity contribution in [1.29, 1.82) is 0 Å².